The van der Waals surface area contributed by atoms with Gasteiger partial charge in [0.1, 0.15) is 0 Å². The number of nitrogens with one attached hydrogen (secondary N) is 1. The lowest BCUT2D eigenvalue weighted by Gasteiger charge is -2.08. The van der Waals surface area contributed by atoms with Crippen LogP contribution in [0, 0.1) is 5.82 Å². The van der Waals surface area contributed by atoms with Crippen LogP contribution in [0.2, 0.25) is 0 Å². The van der Waals surface area contributed by atoms with Crippen LogP contribution in [-0.4, -0.2) is 29.9 Å². The van der Waals surface area contributed by atoms with E-state index in [4.69, 9.17) is 9.84 Å². The van der Waals surface area contributed by atoms with Gasteiger partial charge in [-0.25, -0.2) is 4.39 Å². The van der Waals surface area contributed by atoms with Gasteiger partial charge in [0.2, 0.25) is 5.91 Å². The molecule has 0 fully saturated rings. The molecule has 0 radical (unpaired) electrons. The molecule has 0 heterocycles. The SMILES string of the molecule is COc1ccc(C(=O)CCC(=O)Nc2cccc(CCC(=O)O)c2)cc1F. The number of hydrogen-bond donors (Lipinski definition) is 2. The minimum absolute atomic E-state index is 0.00429. The summed E-state index contributed by atoms with van der Waals surface area (Å²) in [5.41, 5.74) is 1.50. The minimum atomic E-state index is -0.891. The Morgan fingerprint density at radius 3 is 2.52 bits per heavy atom. The molecule has 27 heavy (non-hydrogen) atoms. The van der Waals surface area contributed by atoms with E-state index in [2.05, 4.69) is 5.32 Å². The lowest BCUT2D eigenvalue weighted by Crippen LogP contribution is -2.13. The Morgan fingerprint density at radius 1 is 1.07 bits per heavy atom. The molecule has 1 amide bonds. The number of aryl methyl sites for hydroxylation is 1. The van der Waals surface area contributed by atoms with Crippen LogP contribution < -0.4 is 10.1 Å². The number of amides is 1. The summed E-state index contributed by atoms with van der Waals surface area (Å²) in [5, 5.41) is 11.4. The summed E-state index contributed by atoms with van der Waals surface area (Å²) in [7, 11) is 1.33. The van der Waals surface area contributed by atoms with E-state index in [1.165, 1.54) is 19.2 Å². The number of carboxylic acid groups (broad SMARTS) is 1. The first kappa shape index (κ1) is 20.1. The number of carboxylic acids is 1. The van der Waals surface area contributed by atoms with Crippen molar-refractivity contribution >= 4 is 23.3 Å². The van der Waals surface area contributed by atoms with Crippen molar-refractivity contribution in [1.82, 2.24) is 0 Å². The molecule has 6 nitrogen and oxygen atoms in total. The maximum atomic E-state index is 13.7. The maximum Gasteiger partial charge on any atom is 0.303 e. The van der Waals surface area contributed by atoms with Gasteiger partial charge in [-0.1, -0.05) is 12.1 Å². The van der Waals surface area contributed by atoms with Gasteiger partial charge in [-0.2, -0.15) is 0 Å². The second-order valence-corrected chi connectivity index (χ2v) is 5.91. The molecule has 2 aromatic carbocycles. The molecule has 0 spiro atoms. The highest BCUT2D eigenvalue weighted by Crippen LogP contribution is 2.19. The molecule has 7 heteroatoms. The normalized spacial score (nSPS) is 10.3. The van der Waals surface area contributed by atoms with Gasteiger partial charge in [0.05, 0.1) is 7.11 Å². The van der Waals surface area contributed by atoms with Crippen LogP contribution in [0.5, 0.6) is 5.75 Å². The Labute approximate surface area is 156 Å². The number of anilines is 1. The Kier molecular flexibility index (Phi) is 7.05. The van der Waals surface area contributed by atoms with Gasteiger partial charge in [0, 0.05) is 30.5 Å². The number of aliphatic carboxylic acids is 1. The lowest BCUT2D eigenvalue weighted by molar-refractivity contribution is -0.137. The number of hydrogen-bond acceptors (Lipinski definition) is 4. The maximum absolute atomic E-state index is 13.7. The molecule has 0 aliphatic carbocycles. The molecule has 0 unspecified atom stereocenters. The highest BCUT2D eigenvalue weighted by atomic mass is 19.1. The van der Waals surface area contributed by atoms with Crippen LogP contribution in [0.25, 0.3) is 0 Å². The van der Waals surface area contributed by atoms with Gasteiger partial charge in [-0.3, -0.25) is 14.4 Å². The highest BCUT2D eigenvalue weighted by molar-refractivity contribution is 6.00. The number of methoxy groups -OCH3 is 1. The van der Waals surface area contributed by atoms with Crippen molar-refractivity contribution in [2.45, 2.75) is 25.7 Å². The van der Waals surface area contributed by atoms with Crippen LogP contribution in [0.4, 0.5) is 10.1 Å². The van der Waals surface area contributed by atoms with Crippen molar-refractivity contribution in [2.24, 2.45) is 0 Å². The standard InChI is InChI=1S/C20H20FNO5/c1-27-18-8-6-14(12-16(18)21)17(23)7-9-19(24)22-15-4-2-3-13(11-15)5-10-20(25)26/h2-4,6,8,11-12H,5,7,9-10H2,1H3,(H,22,24)(H,25,26). The summed E-state index contributed by atoms with van der Waals surface area (Å²) < 4.78 is 18.5. The van der Waals surface area contributed by atoms with Gasteiger partial charge in [-0.05, 0) is 42.3 Å². The van der Waals surface area contributed by atoms with Crippen LogP contribution >= 0.6 is 0 Å². The Balaban J connectivity index is 1.88. The monoisotopic (exact) mass is 373 g/mol. The predicted molar refractivity (Wildman–Crippen MR) is 97.5 cm³/mol. The number of ketones is 1. The van der Waals surface area contributed by atoms with Crippen LogP contribution in [0.3, 0.4) is 0 Å². The summed E-state index contributed by atoms with van der Waals surface area (Å²) in [4.78, 5) is 34.8. The quantitative estimate of drug-likeness (QED) is 0.657. The van der Waals surface area contributed by atoms with E-state index in [0.29, 0.717) is 12.1 Å². The molecule has 0 saturated carbocycles. The molecule has 2 aromatic rings. The minimum Gasteiger partial charge on any atom is -0.494 e. The third-order valence-electron chi connectivity index (χ3n) is 3.89. The van der Waals surface area contributed by atoms with E-state index < -0.39 is 11.8 Å². The Hall–Kier alpha value is -3.22. The largest absolute Gasteiger partial charge is 0.494 e. The van der Waals surface area contributed by atoms with Crippen molar-refractivity contribution in [1.29, 1.82) is 0 Å². The number of Topliss-reactive ketones (excluding diaryl/α,β-unsaturated/α-hetero) is 1. The first-order valence-electron chi connectivity index (χ1n) is 8.36. The molecular weight excluding hydrogens is 353 g/mol. The number of ether oxygens (including phenoxy) is 1. The zero-order valence-electron chi connectivity index (χ0n) is 14.8. The molecule has 2 rings (SSSR count). The highest BCUT2D eigenvalue weighted by Gasteiger charge is 2.12. The summed E-state index contributed by atoms with van der Waals surface area (Å²) in [6, 6.07) is 10.8. The number of benzene rings is 2. The molecule has 0 aliphatic heterocycles. The number of carbonyl (C=O) groups excluding carboxylic acids is 2. The summed E-state index contributed by atoms with van der Waals surface area (Å²) in [5.74, 6) is -2.18. The van der Waals surface area contributed by atoms with E-state index >= 15 is 0 Å². The molecule has 0 aliphatic rings. The van der Waals surface area contributed by atoms with Gasteiger partial charge in [-0.15, -0.1) is 0 Å². The average molecular weight is 373 g/mol. The molecule has 2 N–H and O–H groups in total. The third kappa shape index (κ3) is 6.22. The fraction of sp³-hybridized carbons (Fsp3) is 0.250. The van der Waals surface area contributed by atoms with E-state index in [-0.39, 0.29) is 42.3 Å². The second kappa shape index (κ2) is 9.47. The molecular formula is C20H20FNO5. The van der Waals surface area contributed by atoms with Crippen molar-refractivity contribution in [2.75, 3.05) is 12.4 Å². The summed E-state index contributed by atoms with van der Waals surface area (Å²) in [6.45, 7) is 0. The fourth-order valence-corrected chi connectivity index (χ4v) is 2.49. The van der Waals surface area contributed by atoms with Gasteiger partial charge >= 0.3 is 5.97 Å². The molecule has 0 bridgehead atoms. The fourth-order valence-electron chi connectivity index (χ4n) is 2.49. The number of halogens is 1. The van der Waals surface area contributed by atoms with Gasteiger partial charge in [0.15, 0.2) is 17.3 Å². The number of rotatable bonds is 9. The third-order valence-corrected chi connectivity index (χ3v) is 3.89. The van der Waals surface area contributed by atoms with Crippen LogP contribution in [0.1, 0.15) is 35.2 Å². The van der Waals surface area contributed by atoms with E-state index in [0.717, 1.165) is 11.6 Å². The topological polar surface area (TPSA) is 92.7 Å². The van der Waals surface area contributed by atoms with E-state index in [1.54, 1.807) is 24.3 Å². The van der Waals surface area contributed by atoms with Crippen molar-refractivity contribution in [3.8, 4) is 5.75 Å². The first-order valence-corrected chi connectivity index (χ1v) is 8.36. The summed E-state index contributed by atoms with van der Waals surface area (Å²) >= 11 is 0. The molecule has 0 aromatic heterocycles. The van der Waals surface area contributed by atoms with Crippen molar-refractivity contribution < 1.29 is 28.6 Å². The summed E-state index contributed by atoms with van der Waals surface area (Å²) in [6.07, 6.45) is 0.257. The van der Waals surface area contributed by atoms with E-state index in [9.17, 15) is 18.8 Å². The Morgan fingerprint density at radius 2 is 1.85 bits per heavy atom. The van der Waals surface area contributed by atoms with E-state index in [1.807, 2.05) is 0 Å². The second-order valence-electron chi connectivity index (χ2n) is 5.91. The number of carbonyl (C=O) groups is 3. The van der Waals surface area contributed by atoms with Crippen LogP contribution in [0.15, 0.2) is 42.5 Å². The van der Waals surface area contributed by atoms with Crippen LogP contribution in [-0.2, 0) is 16.0 Å². The van der Waals surface area contributed by atoms with Crippen molar-refractivity contribution in [3.05, 3.63) is 59.4 Å². The lowest BCUT2D eigenvalue weighted by atomic mass is 10.1. The van der Waals surface area contributed by atoms with Gasteiger partial charge in [0.25, 0.3) is 0 Å². The zero-order chi connectivity index (χ0) is 19.8. The Bertz CT molecular complexity index is 850. The predicted octanol–water partition coefficient (Wildman–Crippen LogP) is 3.45. The molecule has 142 valence electrons. The van der Waals surface area contributed by atoms with Crippen molar-refractivity contribution in [3.63, 3.8) is 0 Å². The average Bonchev–Trinajstić information content (AvgIpc) is 2.64. The molecule has 0 atom stereocenters. The first-order chi connectivity index (χ1) is 12.9. The molecule has 0 saturated heterocycles. The smallest absolute Gasteiger partial charge is 0.303 e. The zero-order valence-corrected chi connectivity index (χ0v) is 14.8. The van der Waals surface area contributed by atoms with Gasteiger partial charge < -0.3 is 15.2 Å².